The van der Waals surface area contributed by atoms with Crippen LogP contribution in [0.3, 0.4) is 0 Å². The molecule has 0 saturated carbocycles. The van der Waals surface area contributed by atoms with Gasteiger partial charge >= 0.3 is 5.97 Å². The maximum absolute atomic E-state index is 13.0. The molecule has 1 heterocycles. The minimum Gasteiger partial charge on any atom is -0.495 e. The van der Waals surface area contributed by atoms with Gasteiger partial charge in [0, 0.05) is 17.8 Å². The molecule has 30 heavy (non-hydrogen) atoms. The second-order valence-corrected chi connectivity index (χ2v) is 6.64. The number of ether oxygens (including phenoxy) is 2. The van der Waals surface area contributed by atoms with Gasteiger partial charge in [-0.25, -0.2) is 0 Å². The van der Waals surface area contributed by atoms with Gasteiger partial charge in [-0.1, -0.05) is 42.5 Å². The quantitative estimate of drug-likeness (QED) is 0.610. The molecule has 1 aromatic heterocycles. The topological polar surface area (TPSA) is 86.6 Å². The van der Waals surface area contributed by atoms with Crippen LogP contribution in [0.1, 0.15) is 17.2 Å². The van der Waals surface area contributed by atoms with Crippen molar-refractivity contribution in [2.45, 2.75) is 19.6 Å². The summed E-state index contributed by atoms with van der Waals surface area (Å²) in [5, 5.41) is 2.77. The summed E-state index contributed by atoms with van der Waals surface area (Å²) in [5.74, 6) is -0.745. The van der Waals surface area contributed by atoms with Crippen molar-refractivity contribution in [1.82, 2.24) is 4.57 Å². The maximum atomic E-state index is 13.0. The van der Waals surface area contributed by atoms with Crippen molar-refractivity contribution >= 4 is 17.6 Å². The monoisotopic (exact) mass is 406 g/mol. The van der Waals surface area contributed by atoms with Gasteiger partial charge in [0.25, 0.3) is 11.5 Å². The van der Waals surface area contributed by atoms with Crippen LogP contribution in [0.25, 0.3) is 0 Å². The lowest BCUT2D eigenvalue weighted by Gasteiger charge is -2.19. The molecule has 1 N–H and O–H groups in total. The third-order valence-electron chi connectivity index (χ3n) is 4.40. The fourth-order valence-electron chi connectivity index (χ4n) is 2.92. The Morgan fingerprint density at radius 2 is 1.77 bits per heavy atom. The zero-order valence-corrected chi connectivity index (χ0v) is 16.7. The first kappa shape index (κ1) is 20.9. The first-order chi connectivity index (χ1) is 14.5. The van der Waals surface area contributed by atoms with Gasteiger partial charge in [-0.15, -0.1) is 0 Å². The molecular formula is C23H22N2O5. The van der Waals surface area contributed by atoms with Crippen LogP contribution in [0, 0.1) is 6.92 Å². The number of nitrogens with one attached hydrogen (secondary N) is 1. The second-order valence-electron chi connectivity index (χ2n) is 6.64. The molecule has 0 aliphatic rings. The number of hydrogen-bond donors (Lipinski definition) is 1. The average molecular weight is 406 g/mol. The molecule has 0 unspecified atom stereocenters. The smallest absolute Gasteiger partial charge is 0.327 e. The zero-order chi connectivity index (χ0) is 21.5. The Labute approximate surface area is 173 Å². The van der Waals surface area contributed by atoms with E-state index in [1.54, 1.807) is 54.6 Å². The molecule has 3 rings (SSSR count). The van der Waals surface area contributed by atoms with Gasteiger partial charge in [0.2, 0.25) is 6.10 Å². The van der Waals surface area contributed by atoms with E-state index in [0.717, 1.165) is 5.56 Å². The highest BCUT2D eigenvalue weighted by Crippen LogP contribution is 2.27. The molecule has 3 aromatic rings. The molecule has 0 radical (unpaired) electrons. The molecule has 1 amide bonds. The number of aryl methyl sites for hydroxylation is 1. The van der Waals surface area contributed by atoms with Gasteiger partial charge in [0.15, 0.2) is 0 Å². The van der Waals surface area contributed by atoms with Crippen LogP contribution in [0.15, 0.2) is 77.7 Å². The van der Waals surface area contributed by atoms with Crippen molar-refractivity contribution in [1.29, 1.82) is 0 Å². The van der Waals surface area contributed by atoms with Crippen LogP contribution in [-0.4, -0.2) is 23.6 Å². The summed E-state index contributed by atoms with van der Waals surface area (Å²) in [5.41, 5.74) is 1.58. The number of benzene rings is 2. The molecule has 0 fully saturated rings. The molecule has 7 nitrogen and oxygen atoms in total. The second kappa shape index (κ2) is 9.56. The number of amides is 1. The highest BCUT2D eigenvalue weighted by molar-refractivity contribution is 5.97. The van der Waals surface area contributed by atoms with E-state index in [9.17, 15) is 14.4 Å². The summed E-state index contributed by atoms with van der Waals surface area (Å²) in [6.45, 7) is 1.59. The van der Waals surface area contributed by atoms with Gasteiger partial charge in [-0.05, 0) is 30.7 Å². The van der Waals surface area contributed by atoms with Crippen molar-refractivity contribution in [2.75, 3.05) is 12.4 Å². The third kappa shape index (κ3) is 5.14. The fourth-order valence-corrected chi connectivity index (χ4v) is 2.92. The summed E-state index contributed by atoms with van der Waals surface area (Å²) in [7, 11) is 1.51. The summed E-state index contributed by atoms with van der Waals surface area (Å²) >= 11 is 0. The van der Waals surface area contributed by atoms with Crippen molar-refractivity contribution in [3.8, 4) is 5.75 Å². The highest BCUT2D eigenvalue weighted by atomic mass is 16.5. The van der Waals surface area contributed by atoms with Crippen molar-refractivity contribution in [3.63, 3.8) is 0 Å². The standard InChI is InChI=1S/C23H22N2O5/c1-16-11-12-19(29-2)18(14-16)24-23(28)22(17-8-4-3-5-9-17)30-21(27)15-25-13-7-6-10-20(25)26/h3-14,22H,15H2,1-2H3,(H,24,28)/t22-/m1/s1. The van der Waals surface area contributed by atoms with Gasteiger partial charge in [0.1, 0.15) is 12.3 Å². The Balaban J connectivity index is 1.83. The number of nitrogens with zero attached hydrogens (tertiary/aromatic N) is 1. The van der Waals surface area contributed by atoms with Crippen molar-refractivity contribution < 1.29 is 19.1 Å². The van der Waals surface area contributed by atoms with Gasteiger partial charge in [-0.3, -0.25) is 14.4 Å². The Kier molecular flexibility index (Phi) is 6.64. The molecule has 1 atom stereocenters. The fraction of sp³-hybridized carbons (Fsp3) is 0.174. The molecule has 154 valence electrons. The molecule has 0 spiro atoms. The third-order valence-corrected chi connectivity index (χ3v) is 4.40. The normalized spacial score (nSPS) is 11.4. The highest BCUT2D eigenvalue weighted by Gasteiger charge is 2.26. The lowest BCUT2D eigenvalue weighted by atomic mass is 10.1. The SMILES string of the molecule is COc1ccc(C)cc1NC(=O)[C@H](OC(=O)Cn1ccccc1=O)c1ccccc1. The molecule has 0 aliphatic carbocycles. The van der Waals surface area contributed by atoms with E-state index in [1.165, 1.54) is 23.9 Å². The number of pyridine rings is 1. The largest absolute Gasteiger partial charge is 0.495 e. The summed E-state index contributed by atoms with van der Waals surface area (Å²) < 4.78 is 12.0. The van der Waals surface area contributed by atoms with E-state index in [1.807, 2.05) is 13.0 Å². The van der Waals surface area contributed by atoms with Crippen LogP contribution in [0.4, 0.5) is 5.69 Å². The van der Waals surface area contributed by atoms with E-state index in [2.05, 4.69) is 5.32 Å². The maximum Gasteiger partial charge on any atom is 0.327 e. The number of rotatable bonds is 7. The number of hydrogen-bond acceptors (Lipinski definition) is 5. The predicted octanol–water partition coefficient (Wildman–Crippen LogP) is 3.09. The van der Waals surface area contributed by atoms with Crippen LogP contribution in [-0.2, 0) is 20.9 Å². The Morgan fingerprint density at radius 1 is 1.03 bits per heavy atom. The number of aromatic nitrogens is 1. The molecule has 0 aliphatic heterocycles. The minimum absolute atomic E-state index is 0.302. The Hall–Kier alpha value is -3.87. The minimum atomic E-state index is -1.19. The van der Waals surface area contributed by atoms with Crippen LogP contribution in [0.5, 0.6) is 5.75 Å². The van der Waals surface area contributed by atoms with Crippen molar-refractivity contribution in [3.05, 3.63) is 94.4 Å². The number of methoxy groups -OCH3 is 1. The number of anilines is 1. The lowest BCUT2D eigenvalue weighted by Crippen LogP contribution is -2.29. The molecule has 0 saturated heterocycles. The number of esters is 1. The molecule has 2 aromatic carbocycles. The van der Waals surface area contributed by atoms with E-state index in [4.69, 9.17) is 9.47 Å². The summed E-state index contributed by atoms with van der Waals surface area (Å²) in [4.78, 5) is 37.4. The average Bonchev–Trinajstić information content (AvgIpc) is 2.74. The number of carbonyl (C=O) groups is 2. The van der Waals surface area contributed by atoms with Crippen molar-refractivity contribution in [2.24, 2.45) is 0 Å². The van der Waals surface area contributed by atoms with Gasteiger partial charge in [0.05, 0.1) is 12.8 Å². The summed E-state index contributed by atoms with van der Waals surface area (Å²) in [6.07, 6.45) is 0.294. The Bertz CT molecular complexity index is 1090. The van der Waals surface area contributed by atoms with Crippen LogP contribution < -0.4 is 15.6 Å². The Morgan fingerprint density at radius 3 is 2.47 bits per heavy atom. The first-order valence-corrected chi connectivity index (χ1v) is 9.33. The molecule has 0 bridgehead atoms. The van der Waals surface area contributed by atoms with E-state index in [0.29, 0.717) is 17.0 Å². The summed E-state index contributed by atoms with van der Waals surface area (Å²) in [6, 6.07) is 18.6. The molecule has 7 heteroatoms. The first-order valence-electron chi connectivity index (χ1n) is 9.33. The van der Waals surface area contributed by atoms with Gasteiger partial charge < -0.3 is 19.4 Å². The van der Waals surface area contributed by atoms with E-state index >= 15 is 0 Å². The lowest BCUT2D eigenvalue weighted by molar-refractivity contribution is -0.155. The van der Waals surface area contributed by atoms with E-state index in [-0.39, 0.29) is 12.1 Å². The van der Waals surface area contributed by atoms with E-state index < -0.39 is 18.0 Å². The van der Waals surface area contributed by atoms with Gasteiger partial charge in [-0.2, -0.15) is 0 Å². The predicted molar refractivity (Wildman–Crippen MR) is 112 cm³/mol. The number of carbonyl (C=O) groups excluding carboxylic acids is 2. The van der Waals surface area contributed by atoms with Crippen LogP contribution >= 0.6 is 0 Å². The zero-order valence-electron chi connectivity index (χ0n) is 16.7. The molecular weight excluding hydrogens is 384 g/mol. The van der Waals surface area contributed by atoms with Crippen LogP contribution in [0.2, 0.25) is 0 Å².